The highest BCUT2D eigenvalue weighted by Gasteiger charge is 2.22. The van der Waals surface area contributed by atoms with E-state index in [9.17, 15) is 5.11 Å². The van der Waals surface area contributed by atoms with Crippen LogP contribution in [0.15, 0.2) is 22.7 Å². The van der Waals surface area contributed by atoms with Crippen molar-refractivity contribution in [1.29, 1.82) is 0 Å². The molecule has 1 aromatic carbocycles. The van der Waals surface area contributed by atoms with E-state index in [2.05, 4.69) is 45.2 Å². The van der Waals surface area contributed by atoms with Gasteiger partial charge >= 0.3 is 0 Å². The Balaban J connectivity index is 2.24. The van der Waals surface area contributed by atoms with Crippen molar-refractivity contribution in [1.82, 2.24) is 10.2 Å². The first-order chi connectivity index (χ1) is 8.22. The van der Waals surface area contributed by atoms with Gasteiger partial charge in [-0.3, -0.25) is 4.90 Å². The zero-order chi connectivity index (χ0) is 12.3. The largest absolute Gasteiger partial charge is 0.394 e. The van der Waals surface area contributed by atoms with E-state index in [-0.39, 0.29) is 12.6 Å². The molecule has 1 heterocycles. The number of nitrogens with one attached hydrogen (secondary N) is 1. The van der Waals surface area contributed by atoms with Crippen LogP contribution in [0.5, 0.6) is 0 Å². The molecule has 1 atom stereocenters. The van der Waals surface area contributed by atoms with E-state index in [1.54, 1.807) is 0 Å². The molecule has 17 heavy (non-hydrogen) atoms. The maximum Gasteiger partial charge on any atom is 0.0628 e. The smallest absolute Gasteiger partial charge is 0.0628 e. The Morgan fingerprint density at radius 3 is 2.76 bits per heavy atom. The van der Waals surface area contributed by atoms with E-state index in [1.165, 1.54) is 11.1 Å². The summed E-state index contributed by atoms with van der Waals surface area (Å²) in [4.78, 5) is 2.35. The third-order valence-electron chi connectivity index (χ3n) is 3.37. The van der Waals surface area contributed by atoms with Crippen LogP contribution in [-0.4, -0.2) is 42.8 Å². The lowest BCUT2D eigenvalue weighted by Crippen LogP contribution is -2.46. The Morgan fingerprint density at radius 2 is 2.12 bits per heavy atom. The second kappa shape index (κ2) is 5.96. The van der Waals surface area contributed by atoms with Crippen molar-refractivity contribution < 1.29 is 5.11 Å². The molecule has 3 nitrogen and oxygen atoms in total. The normalized spacial score (nSPS) is 19.2. The summed E-state index contributed by atoms with van der Waals surface area (Å²) in [6, 6.07) is 6.39. The van der Waals surface area contributed by atoms with E-state index >= 15 is 0 Å². The minimum Gasteiger partial charge on any atom is -0.394 e. The summed E-state index contributed by atoms with van der Waals surface area (Å²) in [7, 11) is 0. The highest BCUT2D eigenvalue weighted by atomic mass is 79.9. The van der Waals surface area contributed by atoms with Gasteiger partial charge in [0, 0.05) is 30.7 Å². The number of rotatable bonds is 3. The number of benzene rings is 1. The van der Waals surface area contributed by atoms with Gasteiger partial charge in [0.05, 0.1) is 12.6 Å². The average Bonchev–Trinajstić information content (AvgIpc) is 2.36. The van der Waals surface area contributed by atoms with Crippen molar-refractivity contribution in [3.63, 3.8) is 0 Å². The molecule has 0 aliphatic carbocycles. The number of hydrogen-bond acceptors (Lipinski definition) is 3. The minimum atomic E-state index is 0.120. The lowest BCUT2D eigenvalue weighted by atomic mass is 10.00. The molecule has 1 aliphatic rings. The summed E-state index contributed by atoms with van der Waals surface area (Å²) in [6.07, 6.45) is 0. The molecule has 2 rings (SSSR count). The Hall–Kier alpha value is -0.420. The maximum atomic E-state index is 9.67. The standard InChI is InChI=1S/C13H19BrN2O/c1-10-2-3-11(14)8-12(10)13(9-17)16-6-4-15-5-7-16/h2-3,8,13,15,17H,4-7,9H2,1H3/t13-/m1/s1. The van der Waals surface area contributed by atoms with Crippen LogP contribution in [0.2, 0.25) is 0 Å². The third-order valence-corrected chi connectivity index (χ3v) is 3.86. The van der Waals surface area contributed by atoms with Gasteiger partial charge in [0.1, 0.15) is 0 Å². The summed E-state index contributed by atoms with van der Waals surface area (Å²) < 4.78 is 1.08. The number of hydrogen-bond donors (Lipinski definition) is 2. The van der Waals surface area contributed by atoms with Crippen LogP contribution in [-0.2, 0) is 0 Å². The van der Waals surface area contributed by atoms with Crippen molar-refractivity contribution in [2.75, 3.05) is 32.8 Å². The molecule has 1 fully saturated rings. The van der Waals surface area contributed by atoms with Crippen molar-refractivity contribution in [3.8, 4) is 0 Å². The first kappa shape index (κ1) is 13.0. The van der Waals surface area contributed by atoms with Gasteiger partial charge in [0.25, 0.3) is 0 Å². The lowest BCUT2D eigenvalue weighted by molar-refractivity contribution is 0.110. The number of nitrogens with zero attached hydrogens (tertiary/aromatic N) is 1. The molecule has 4 heteroatoms. The summed E-state index contributed by atoms with van der Waals surface area (Å²) in [5.74, 6) is 0. The molecule has 0 amide bonds. The highest BCUT2D eigenvalue weighted by molar-refractivity contribution is 9.10. The molecule has 0 unspecified atom stereocenters. The predicted octanol–water partition coefficient (Wildman–Crippen LogP) is 1.70. The van der Waals surface area contributed by atoms with Crippen molar-refractivity contribution >= 4 is 15.9 Å². The van der Waals surface area contributed by atoms with Gasteiger partial charge in [-0.1, -0.05) is 22.0 Å². The second-order valence-corrected chi connectivity index (χ2v) is 5.40. The molecule has 2 N–H and O–H groups in total. The molecule has 0 bridgehead atoms. The number of aryl methyl sites for hydroxylation is 1. The molecule has 0 aromatic heterocycles. The van der Waals surface area contributed by atoms with Gasteiger partial charge in [0.2, 0.25) is 0 Å². The minimum absolute atomic E-state index is 0.120. The van der Waals surface area contributed by atoms with E-state index in [1.807, 2.05) is 6.07 Å². The second-order valence-electron chi connectivity index (χ2n) is 4.49. The van der Waals surface area contributed by atoms with Crippen LogP contribution in [0.1, 0.15) is 17.2 Å². The maximum absolute atomic E-state index is 9.67. The number of halogens is 1. The molecular formula is C13H19BrN2O. The topological polar surface area (TPSA) is 35.5 Å². The van der Waals surface area contributed by atoms with Gasteiger partial charge in [-0.05, 0) is 30.2 Å². The Bertz CT molecular complexity index is 378. The van der Waals surface area contributed by atoms with Gasteiger partial charge < -0.3 is 10.4 Å². The predicted molar refractivity (Wildman–Crippen MR) is 73.1 cm³/mol. The molecule has 94 valence electrons. The number of aliphatic hydroxyl groups is 1. The molecule has 0 spiro atoms. The monoisotopic (exact) mass is 298 g/mol. The first-order valence-electron chi connectivity index (χ1n) is 6.04. The van der Waals surface area contributed by atoms with E-state index in [0.29, 0.717) is 0 Å². The van der Waals surface area contributed by atoms with Gasteiger partial charge in [-0.25, -0.2) is 0 Å². The zero-order valence-electron chi connectivity index (χ0n) is 10.1. The van der Waals surface area contributed by atoms with Crippen LogP contribution in [0.3, 0.4) is 0 Å². The molecule has 1 aliphatic heterocycles. The summed E-state index contributed by atoms with van der Waals surface area (Å²) in [5, 5.41) is 13.0. The molecule has 0 saturated carbocycles. The van der Waals surface area contributed by atoms with Crippen LogP contribution in [0, 0.1) is 6.92 Å². The SMILES string of the molecule is Cc1ccc(Br)cc1[C@@H](CO)N1CCNCC1. The van der Waals surface area contributed by atoms with Crippen LogP contribution < -0.4 is 5.32 Å². The van der Waals surface area contributed by atoms with E-state index in [0.717, 1.165) is 30.7 Å². The quantitative estimate of drug-likeness (QED) is 0.892. The number of aliphatic hydroxyl groups excluding tert-OH is 1. The van der Waals surface area contributed by atoms with Crippen molar-refractivity contribution in [2.45, 2.75) is 13.0 Å². The van der Waals surface area contributed by atoms with Crippen LogP contribution in [0.25, 0.3) is 0 Å². The molecular weight excluding hydrogens is 280 g/mol. The fourth-order valence-corrected chi connectivity index (χ4v) is 2.75. The van der Waals surface area contributed by atoms with Gasteiger partial charge in [-0.15, -0.1) is 0 Å². The van der Waals surface area contributed by atoms with Crippen molar-refractivity contribution in [2.24, 2.45) is 0 Å². The average molecular weight is 299 g/mol. The fraction of sp³-hybridized carbons (Fsp3) is 0.538. The Labute approximate surface area is 111 Å². The summed E-state index contributed by atoms with van der Waals surface area (Å²) >= 11 is 3.51. The highest BCUT2D eigenvalue weighted by Crippen LogP contribution is 2.26. The summed E-state index contributed by atoms with van der Waals surface area (Å²) in [6.45, 7) is 6.28. The Kier molecular flexibility index (Phi) is 4.56. The van der Waals surface area contributed by atoms with E-state index < -0.39 is 0 Å². The first-order valence-corrected chi connectivity index (χ1v) is 6.83. The van der Waals surface area contributed by atoms with Gasteiger partial charge in [0.15, 0.2) is 0 Å². The van der Waals surface area contributed by atoms with Gasteiger partial charge in [-0.2, -0.15) is 0 Å². The van der Waals surface area contributed by atoms with Crippen molar-refractivity contribution in [3.05, 3.63) is 33.8 Å². The molecule has 1 saturated heterocycles. The fourth-order valence-electron chi connectivity index (χ4n) is 2.37. The van der Waals surface area contributed by atoms with Crippen LogP contribution >= 0.6 is 15.9 Å². The molecule has 0 radical (unpaired) electrons. The number of piperazine rings is 1. The third kappa shape index (κ3) is 3.07. The lowest BCUT2D eigenvalue weighted by Gasteiger charge is -2.34. The molecule has 1 aromatic rings. The van der Waals surface area contributed by atoms with E-state index in [4.69, 9.17) is 0 Å². The Morgan fingerprint density at radius 1 is 1.41 bits per heavy atom. The zero-order valence-corrected chi connectivity index (χ0v) is 11.7. The summed E-state index contributed by atoms with van der Waals surface area (Å²) in [5.41, 5.74) is 2.47. The van der Waals surface area contributed by atoms with Crippen LogP contribution in [0.4, 0.5) is 0 Å².